The lowest BCUT2D eigenvalue weighted by Gasteiger charge is -2.25. The second-order valence-electron chi connectivity index (χ2n) is 5.65. The molecule has 0 bridgehead atoms. The van der Waals surface area contributed by atoms with Crippen molar-refractivity contribution < 1.29 is 33.7 Å². The lowest BCUT2D eigenvalue weighted by molar-refractivity contribution is -0.131. The van der Waals surface area contributed by atoms with Gasteiger partial charge in [-0.05, 0) is 42.8 Å². The number of phenols is 1. The van der Waals surface area contributed by atoms with Crippen molar-refractivity contribution >= 4 is 17.7 Å². The summed E-state index contributed by atoms with van der Waals surface area (Å²) < 4.78 is 24.7. The normalized spacial score (nSPS) is 13.1. The van der Waals surface area contributed by atoms with Crippen LogP contribution in [-0.2, 0) is 14.3 Å². The summed E-state index contributed by atoms with van der Waals surface area (Å²) in [6.45, 7) is 1.87. The van der Waals surface area contributed by atoms with Crippen molar-refractivity contribution in [2.45, 2.75) is 19.1 Å². The minimum absolute atomic E-state index is 0.187. The summed E-state index contributed by atoms with van der Waals surface area (Å²) in [4.78, 5) is 23.2. The lowest BCUT2D eigenvalue weighted by atomic mass is 10.0. The molecule has 0 spiro atoms. The predicted octanol–water partition coefficient (Wildman–Crippen LogP) is 3.87. The molecule has 0 saturated carbocycles. The van der Waals surface area contributed by atoms with Gasteiger partial charge in [0.2, 0.25) is 0 Å². The number of ether oxygens (including phenoxy) is 2. The minimum Gasteiger partial charge on any atom is -0.505 e. The van der Waals surface area contributed by atoms with Crippen LogP contribution in [0.2, 0.25) is 0 Å². The molecular formula is C20H20FNO6. The van der Waals surface area contributed by atoms with E-state index in [4.69, 9.17) is 14.6 Å². The summed E-state index contributed by atoms with van der Waals surface area (Å²) in [5, 5.41) is 20.8. The number of benzene rings is 2. The first-order valence-corrected chi connectivity index (χ1v) is 8.44. The van der Waals surface area contributed by atoms with Crippen molar-refractivity contribution in [2.24, 2.45) is 0 Å². The second-order valence-corrected chi connectivity index (χ2v) is 5.65. The van der Waals surface area contributed by atoms with Gasteiger partial charge in [-0.2, -0.15) is 0 Å². The van der Waals surface area contributed by atoms with Crippen molar-refractivity contribution in [3.8, 4) is 5.75 Å². The van der Waals surface area contributed by atoms with E-state index >= 15 is 0 Å². The standard InChI is InChI=1S/C20H20FNO6/c1-2-27-17(10-11-18(24)25)19(13-8-9-16(23)15(21)12-13)28-20(26)22-14-6-4-3-5-7-14/h3-12,17,19,23H,2H2,1H3,(H,22,26)(H,24,25)/b11-10+/t17-,19-/m0/s1. The van der Waals surface area contributed by atoms with Crippen LogP contribution in [0.1, 0.15) is 18.6 Å². The Morgan fingerprint density at radius 3 is 2.54 bits per heavy atom. The number of carbonyl (C=O) groups is 2. The van der Waals surface area contributed by atoms with Crippen LogP contribution in [0.5, 0.6) is 5.75 Å². The van der Waals surface area contributed by atoms with Gasteiger partial charge in [0.05, 0.1) is 0 Å². The third-order valence-corrected chi connectivity index (χ3v) is 3.64. The van der Waals surface area contributed by atoms with Crippen LogP contribution in [-0.4, -0.2) is 35.0 Å². The number of nitrogens with one attached hydrogen (secondary N) is 1. The van der Waals surface area contributed by atoms with Gasteiger partial charge in [0.1, 0.15) is 6.10 Å². The highest BCUT2D eigenvalue weighted by Crippen LogP contribution is 2.29. The van der Waals surface area contributed by atoms with E-state index in [0.29, 0.717) is 5.69 Å². The molecule has 7 nitrogen and oxygen atoms in total. The Labute approximate surface area is 161 Å². The number of rotatable bonds is 8. The monoisotopic (exact) mass is 389 g/mol. The number of halogens is 1. The quantitative estimate of drug-likeness (QED) is 0.592. The molecule has 8 heteroatoms. The van der Waals surface area contributed by atoms with Crippen LogP contribution >= 0.6 is 0 Å². The van der Waals surface area contributed by atoms with E-state index in [2.05, 4.69) is 5.32 Å². The molecule has 2 atom stereocenters. The third-order valence-electron chi connectivity index (χ3n) is 3.64. The van der Waals surface area contributed by atoms with E-state index in [-0.39, 0.29) is 12.2 Å². The van der Waals surface area contributed by atoms with Crippen molar-refractivity contribution in [1.29, 1.82) is 0 Å². The molecule has 0 aliphatic rings. The van der Waals surface area contributed by atoms with Crippen molar-refractivity contribution in [3.63, 3.8) is 0 Å². The van der Waals surface area contributed by atoms with E-state index < -0.39 is 35.8 Å². The van der Waals surface area contributed by atoms with Crippen LogP contribution in [0.4, 0.5) is 14.9 Å². The van der Waals surface area contributed by atoms with Crippen LogP contribution in [0, 0.1) is 5.82 Å². The lowest BCUT2D eigenvalue weighted by Crippen LogP contribution is -2.28. The molecule has 0 aromatic heterocycles. The zero-order valence-electron chi connectivity index (χ0n) is 15.0. The summed E-state index contributed by atoms with van der Waals surface area (Å²) >= 11 is 0. The fourth-order valence-corrected chi connectivity index (χ4v) is 2.42. The number of aliphatic carboxylic acids is 1. The van der Waals surface area contributed by atoms with Crippen LogP contribution in [0.3, 0.4) is 0 Å². The number of hydrogen-bond donors (Lipinski definition) is 3. The summed E-state index contributed by atoms with van der Waals surface area (Å²) in [6, 6.07) is 12.0. The molecule has 2 aromatic rings. The molecule has 0 radical (unpaired) electrons. The number of aromatic hydroxyl groups is 1. The van der Waals surface area contributed by atoms with Gasteiger partial charge in [-0.3, -0.25) is 5.32 Å². The van der Waals surface area contributed by atoms with E-state index in [1.165, 1.54) is 12.1 Å². The highest BCUT2D eigenvalue weighted by atomic mass is 19.1. The van der Waals surface area contributed by atoms with Gasteiger partial charge in [-0.15, -0.1) is 0 Å². The van der Waals surface area contributed by atoms with E-state index in [1.807, 2.05) is 0 Å². The summed E-state index contributed by atoms with van der Waals surface area (Å²) in [6.07, 6.45) is -0.932. The fraction of sp³-hybridized carbons (Fsp3) is 0.200. The van der Waals surface area contributed by atoms with Gasteiger partial charge < -0.3 is 19.7 Å². The molecule has 1 amide bonds. The molecule has 28 heavy (non-hydrogen) atoms. The highest BCUT2D eigenvalue weighted by Gasteiger charge is 2.27. The number of hydrogen-bond acceptors (Lipinski definition) is 5. The molecule has 0 unspecified atom stereocenters. The molecule has 3 N–H and O–H groups in total. The van der Waals surface area contributed by atoms with Gasteiger partial charge in [0.15, 0.2) is 17.7 Å². The molecular weight excluding hydrogens is 369 g/mol. The smallest absolute Gasteiger partial charge is 0.412 e. The topological polar surface area (TPSA) is 105 Å². The summed E-state index contributed by atoms with van der Waals surface area (Å²) in [7, 11) is 0. The first-order valence-electron chi connectivity index (χ1n) is 8.44. The van der Waals surface area contributed by atoms with Gasteiger partial charge >= 0.3 is 12.1 Å². The maximum atomic E-state index is 13.8. The molecule has 0 heterocycles. The molecule has 0 aliphatic carbocycles. The Bertz CT molecular complexity index is 840. The molecule has 0 saturated heterocycles. The first-order chi connectivity index (χ1) is 13.4. The van der Waals surface area contributed by atoms with E-state index in [0.717, 1.165) is 18.2 Å². The maximum absolute atomic E-state index is 13.8. The van der Waals surface area contributed by atoms with Crippen molar-refractivity contribution in [3.05, 3.63) is 72.1 Å². The van der Waals surface area contributed by atoms with Gasteiger partial charge in [-0.25, -0.2) is 14.0 Å². The van der Waals surface area contributed by atoms with Crippen molar-refractivity contribution in [1.82, 2.24) is 0 Å². The average Bonchev–Trinajstić information content (AvgIpc) is 2.66. The SMILES string of the molecule is CCO[C@@H](/C=C/C(=O)O)[C@@H](OC(=O)Nc1ccccc1)c1ccc(O)c(F)c1. The van der Waals surface area contributed by atoms with Gasteiger partial charge in [0, 0.05) is 18.4 Å². The average molecular weight is 389 g/mol. The fourth-order valence-electron chi connectivity index (χ4n) is 2.42. The molecule has 0 fully saturated rings. The van der Waals surface area contributed by atoms with Gasteiger partial charge in [0.25, 0.3) is 0 Å². The number of para-hydroxylation sites is 1. The van der Waals surface area contributed by atoms with E-state index in [1.54, 1.807) is 37.3 Å². The van der Waals surface area contributed by atoms with Crippen LogP contribution in [0.15, 0.2) is 60.7 Å². The zero-order valence-corrected chi connectivity index (χ0v) is 15.0. The number of carboxylic acids is 1. The highest BCUT2D eigenvalue weighted by molar-refractivity contribution is 5.84. The summed E-state index contributed by atoms with van der Waals surface area (Å²) in [5.41, 5.74) is 0.671. The Balaban J connectivity index is 2.31. The Morgan fingerprint density at radius 1 is 1.21 bits per heavy atom. The predicted molar refractivity (Wildman–Crippen MR) is 99.5 cm³/mol. The zero-order chi connectivity index (χ0) is 20.5. The Hall–Kier alpha value is -3.39. The minimum atomic E-state index is -1.21. The first kappa shape index (κ1) is 20.9. The third kappa shape index (κ3) is 6.10. The molecule has 0 aliphatic heterocycles. The molecule has 2 rings (SSSR count). The van der Waals surface area contributed by atoms with Crippen molar-refractivity contribution in [2.75, 3.05) is 11.9 Å². The second kappa shape index (κ2) is 10.1. The molecule has 2 aromatic carbocycles. The Morgan fingerprint density at radius 2 is 1.93 bits per heavy atom. The number of amides is 1. The number of carboxylic acid groups (broad SMARTS) is 1. The number of carbonyl (C=O) groups excluding carboxylic acids is 1. The number of phenolic OH excluding ortho intramolecular Hbond substituents is 1. The van der Waals surface area contributed by atoms with E-state index in [9.17, 15) is 19.1 Å². The van der Waals surface area contributed by atoms with Crippen LogP contribution in [0.25, 0.3) is 0 Å². The van der Waals surface area contributed by atoms with Gasteiger partial charge in [-0.1, -0.05) is 24.3 Å². The Kier molecular flexibility index (Phi) is 7.53. The largest absolute Gasteiger partial charge is 0.505 e. The van der Waals surface area contributed by atoms with Crippen LogP contribution < -0.4 is 5.32 Å². The maximum Gasteiger partial charge on any atom is 0.412 e. The number of anilines is 1. The summed E-state index contributed by atoms with van der Waals surface area (Å²) in [5.74, 6) is -2.69. The molecule has 148 valence electrons.